The molecule has 1 unspecified atom stereocenters. The molecule has 75 heavy (non-hydrogen) atoms. The average molecular weight is 1050 g/mol. The van der Waals surface area contributed by atoms with Crippen LogP contribution >= 0.6 is 0 Å². The maximum atomic E-state index is 12.9. The normalized spacial score (nSPS) is 12.4. The van der Waals surface area contributed by atoms with Crippen molar-refractivity contribution in [1.29, 1.82) is 0 Å². The van der Waals surface area contributed by atoms with Crippen LogP contribution in [0.2, 0.25) is 0 Å². The van der Waals surface area contributed by atoms with Crippen LogP contribution in [0.3, 0.4) is 0 Å². The van der Waals surface area contributed by atoms with Crippen molar-refractivity contribution in [3.63, 3.8) is 0 Å². The van der Waals surface area contributed by atoms with Gasteiger partial charge in [-0.15, -0.1) is 0 Å². The monoisotopic (exact) mass is 1050 g/mol. The summed E-state index contributed by atoms with van der Waals surface area (Å²) >= 11 is 0. The van der Waals surface area contributed by atoms with Gasteiger partial charge in [-0.05, 0) is 109 Å². The van der Waals surface area contributed by atoms with Gasteiger partial charge in [0.05, 0.1) is 0 Å². The average Bonchev–Trinajstić information content (AvgIpc) is 3.41. The van der Waals surface area contributed by atoms with Gasteiger partial charge in [0.15, 0.2) is 6.10 Å². The molecule has 0 aromatic carbocycles. The SMILES string of the molecule is CCCCCC/C=C\C/C=C\CCCCCCCC(=O)OCC(COC(=O)CCCCCCCCCCCCCCC/C=C\CCCCCCCCCC)OC(=O)CCCCCCC/C=C\C/C=C\CCCCCC. The van der Waals surface area contributed by atoms with Crippen molar-refractivity contribution < 1.29 is 28.6 Å². The number of unbranched alkanes of at least 4 members (excludes halogenated alkanes) is 39. The van der Waals surface area contributed by atoms with E-state index >= 15 is 0 Å². The number of carbonyl (C=O) groups excluding carboxylic acids is 3. The molecule has 0 bridgehead atoms. The molecule has 0 heterocycles. The Morgan fingerprint density at radius 3 is 0.760 bits per heavy atom. The Kier molecular flexibility index (Phi) is 61.2. The van der Waals surface area contributed by atoms with Crippen LogP contribution in [-0.4, -0.2) is 37.2 Å². The molecule has 0 saturated carbocycles. The van der Waals surface area contributed by atoms with Crippen molar-refractivity contribution in [3.8, 4) is 0 Å². The molecule has 0 aliphatic rings. The van der Waals surface area contributed by atoms with Crippen LogP contribution < -0.4 is 0 Å². The zero-order valence-corrected chi connectivity index (χ0v) is 50.1. The molecule has 6 heteroatoms. The number of hydrogen-bond acceptors (Lipinski definition) is 6. The second-order valence-corrected chi connectivity index (χ2v) is 22.0. The van der Waals surface area contributed by atoms with Crippen molar-refractivity contribution in [1.82, 2.24) is 0 Å². The summed E-state index contributed by atoms with van der Waals surface area (Å²) in [5.41, 5.74) is 0. The summed E-state index contributed by atoms with van der Waals surface area (Å²) in [6.07, 6.45) is 80.9. The molecule has 0 aliphatic carbocycles. The maximum absolute atomic E-state index is 12.9. The topological polar surface area (TPSA) is 78.9 Å². The van der Waals surface area contributed by atoms with Crippen LogP contribution in [0, 0.1) is 0 Å². The van der Waals surface area contributed by atoms with Crippen LogP contribution in [0.15, 0.2) is 60.8 Å². The lowest BCUT2D eigenvalue weighted by atomic mass is 10.0. The van der Waals surface area contributed by atoms with Crippen molar-refractivity contribution in [3.05, 3.63) is 60.8 Å². The van der Waals surface area contributed by atoms with Gasteiger partial charge in [-0.1, -0.05) is 274 Å². The summed E-state index contributed by atoms with van der Waals surface area (Å²) in [4.78, 5) is 38.3. The highest BCUT2D eigenvalue weighted by molar-refractivity contribution is 5.71. The van der Waals surface area contributed by atoms with Gasteiger partial charge in [0.1, 0.15) is 13.2 Å². The largest absolute Gasteiger partial charge is 0.462 e. The number of carbonyl (C=O) groups is 3. The third kappa shape index (κ3) is 61.8. The highest BCUT2D eigenvalue weighted by Gasteiger charge is 2.19. The fourth-order valence-electron chi connectivity index (χ4n) is 9.50. The van der Waals surface area contributed by atoms with Gasteiger partial charge in [-0.2, -0.15) is 0 Å². The Morgan fingerprint density at radius 2 is 0.480 bits per heavy atom. The first-order chi connectivity index (χ1) is 37.0. The van der Waals surface area contributed by atoms with Gasteiger partial charge in [-0.25, -0.2) is 0 Å². The van der Waals surface area contributed by atoms with E-state index in [0.29, 0.717) is 19.3 Å². The van der Waals surface area contributed by atoms with E-state index in [1.807, 2.05) is 0 Å². The summed E-state index contributed by atoms with van der Waals surface area (Å²) in [5.74, 6) is -0.894. The number of hydrogen-bond donors (Lipinski definition) is 0. The van der Waals surface area contributed by atoms with E-state index in [1.54, 1.807) is 0 Å². The summed E-state index contributed by atoms with van der Waals surface area (Å²) < 4.78 is 16.9. The van der Waals surface area contributed by atoms with Crippen molar-refractivity contribution in [2.24, 2.45) is 0 Å². The second-order valence-electron chi connectivity index (χ2n) is 22.0. The van der Waals surface area contributed by atoms with Gasteiger partial charge in [0.2, 0.25) is 0 Å². The van der Waals surface area contributed by atoms with Gasteiger partial charge in [0, 0.05) is 19.3 Å². The molecule has 0 spiro atoms. The fourth-order valence-corrected chi connectivity index (χ4v) is 9.50. The van der Waals surface area contributed by atoms with E-state index in [9.17, 15) is 14.4 Å². The number of allylic oxidation sites excluding steroid dienone is 10. The molecule has 6 nitrogen and oxygen atoms in total. The number of esters is 3. The van der Waals surface area contributed by atoms with Crippen LogP contribution in [0.25, 0.3) is 0 Å². The minimum absolute atomic E-state index is 0.0827. The summed E-state index contributed by atoms with van der Waals surface area (Å²) in [7, 11) is 0. The minimum atomic E-state index is -0.788. The molecule has 1 atom stereocenters. The molecule has 0 radical (unpaired) electrons. The quantitative estimate of drug-likeness (QED) is 0.0261. The van der Waals surface area contributed by atoms with Crippen molar-refractivity contribution in [2.75, 3.05) is 13.2 Å². The fraction of sp³-hybridized carbons (Fsp3) is 0.812. The third-order valence-corrected chi connectivity index (χ3v) is 14.5. The molecule has 0 fully saturated rings. The first-order valence-corrected chi connectivity index (χ1v) is 32.8. The van der Waals surface area contributed by atoms with Crippen LogP contribution in [-0.2, 0) is 28.6 Å². The van der Waals surface area contributed by atoms with E-state index in [2.05, 4.69) is 81.5 Å². The van der Waals surface area contributed by atoms with Crippen molar-refractivity contribution in [2.45, 2.75) is 348 Å². The predicted molar refractivity (Wildman–Crippen MR) is 325 cm³/mol. The Bertz CT molecular complexity index is 1340. The predicted octanol–water partition coefficient (Wildman–Crippen LogP) is 22.3. The molecule has 0 aromatic rings. The van der Waals surface area contributed by atoms with E-state index < -0.39 is 6.10 Å². The highest BCUT2D eigenvalue weighted by atomic mass is 16.6. The highest BCUT2D eigenvalue weighted by Crippen LogP contribution is 2.17. The zero-order chi connectivity index (χ0) is 54.3. The van der Waals surface area contributed by atoms with Gasteiger partial charge >= 0.3 is 17.9 Å². The van der Waals surface area contributed by atoms with Crippen LogP contribution in [0.5, 0.6) is 0 Å². The molecule has 0 N–H and O–H groups in total. The summed E-state index contributed by atoms with van der Waals surface area (Å²) in [6.45, 7) is 6.63. The van der Waals surface area contributed by atoms with E-state index in [-0.39, 0.29) is 31.1 Å². The summed E-state index contributed by atoms with van der Waals surface area (Å²) in [5, 5.41) is 0. The van der Waals surface area contributed by atoms with Gasteiger partial charge in [-0.3, -0.25) is 14.4 Å². The molecule has 0 aromatic heterocycles. The molecule has 0 saturated heterocycles. The smallest absolute Gasteiger partial charge is 0.306 e. The van der Waals surface area contributed by atoms with Crippen LogP contribution in [0.1, 0.15) is 342 Å². The Labute approximate surface area is 466 Å². The lowest BCUT2D eigenvalue weighted by Crippen LogP contribution is -2.30. The molecule has 436 valence electrons. The molecule has 0 rings (SSSR count). The first kappa shape index (κ1) is 72.1. The van der Waals surface area contributed by atoms with Crippen LogP contribution in [0.4, 0.5) is 0 Å². The zero-order valence-electron chi connectivity index (χ0n) is 50.1. The molecular formula is C69H124O6. The Hall–Kier alpha value is -2.89. The van der Waals surface area contributed by atoms with Crippen molar-refractivity contribution >= 4 is 17.9 Å². The second kappa shape index (κ2) is 63.6. The summed E-state index contributed by atoms with van der Waals surface area (Å²) in [6, 6.07) is 0. The Balaban J connectivity index is 4.31. The van der Waals surface area contributed by atoms with E-state index in [4.69, 9.17) is 14.2 Å². The van der Waals surface area contributed by atoms with E-state index in [0.717, 1.165) is 103 Å². The third-order valence-electron chi connectivity index (χ3n) is 14.5. The lowest BCUT2D eigenvalue weighted by molar-refractivity contribution is -0.167. The van der Waals surface area contributed by atoms with Gasteiger partial charge < -0.3 is 14.2 Å². The maximum Gasteiger partial charge on any atom is 0.306 e. The standard InChI is InChI=1S/C69H124O6/c1-4-7-10-13-16-19-22-25-28-31-32-33-34-35-36-37-38-39-42-44-47-50-53-56-59-62-68(71)74-65-66(75-69(72)63-60-57-54-51-48-45-41-30-27-24-21-18-15-12-9-6-3)64-73-67(70)61-58-55-52-49-46-43-40-29-26-23-20-17-14-11-8-5-2/h20-21,23-24,29-32,40-41,66H,4-19,22,25-28,33-39,42-65H2,1-3H3/b23-20-,24-21-,32-31-,40-29-,41-30-. The Morgan fingerprint density at radius 1 is 0.267 bits per heavy atom. The molecule has 0 aliphatic heterocycles. The van der Waals surface area contributed by atoms with E-state index in [1.165, 1.54) is 199 Å². The molecule has 0 amide bonds. The first-order valence-electron chi connectivity index (χ1n) is 32.8. The van der Waals surface area contributed by atoms with Gasteiger partial charge in [0.25, 0.3) is 0 Å². The minimum Gasteiger partial charge on any atom is -0.462 e. The molecular weight excluding hydrogens is 925 g/mol. The number of ether oxygens (including phenoxy) is 3. The lowest BCUT2D eigenvalue weighted by Gasteiger charge is -2.18. The number of rotatable bonds is 60.